The van der Waals surface area contributed by atoms with Gasteiger partial charge in [0.1, 0.15) is 0 Å². The van der Waals surface area contributed by atoms with Gasteiger partial charge in [0.15, 0.2) is 0 Å². The zero-order chi connectivity index (χ0) is 8.43. The molecule has 1 amide bonds. The molecular weight excluding hydrogens is 140 g/mol. The second-order valence-corrected chi connectivity index (χ2v) is 3.29. The first-order valence-corrected chi connectivity index (χ1v) is 4.07. The monoisotopic (exact) mass is 156 g/mol. The number of carbonyl (C=O) groups is 1. The summed E-state index contributed by atoms with van der Waals surface area (Å²) in [4.78, 5) is 15.1. The Morgan fingerprint density at radius 3 is 2.55 bits per heavy atom. The fraction of sp³-hybridized carbons (Fsp3) is 0.875. The van der Waals surface area contributed by atoms with E-state index < -0.39 is 0 Å². The summed E-state index contributed by atoms with van der Waals surface area (Å²) >= 11 is 0. The number of carbonyl (C=O) groups excluding carboxylic acids is 1. The van der Waals surface area contributed by atoms with Crippen molar-refractivity contribution >= 4 is 5.91 Å². The minimum Gasteiger partial charge on any atom is -0.340 e. The van der Waals surface area contributed by atoms with Gasteiger partial charge in [-0.1, -0.05) is 0 Å². The maximum absolute atomic E-state index is 11.0. The Kier molecular flexibility index (Phi) is 2.49. The Balaban J connectivity index is 2.46. The lowest BCUT2D eigenvalue weighted by Gasteiger charge is -2.37. The van der Waals surface area contributed by atoms with E-state index in [2.05, 4.69) is 18.9 Å². The highest BCUT2D eigenvalue weighted by Crippen LogP contribution is 2.06. The average Bonchev–Trinajstić information content (AvgIpc) is 1.94. The molecule has 0 N–H and O–H groups in total. The van der Waals surface area contributed by atoms with Crippen LogP contribution in [-0.4, -0.2) is 48.4 Å². The minimum absolute atomic E-state index is 0.199. The van der Waals surface area contributed by atoms with Crippen LogP contribution in [0, 0.1) is 0 Å². The molecule has 1 aliphatic rings. The van der Waals surface area contributed by atoms with Crippen molar-refractivity contribution < 1.29 is 4.79 Å². The summed E-state index contributed by atoms with van der Waals surface area (Å²) in [6.07, 6.45) is 0. The van der Waals surface area contributed by atoms with Gasteiger partial charge in [-0.3, -0.25) is 4.79 Å². The molecule has 0 aromatic carbocycles. The van der Waals surface area contributed by atoms with Gasteiger partial charge in [0.2, 0.25) is 5.91 Å². The van der Waals surface area contributed by atoms with Gasteiger partial charge in [0.25, 0.3) is 0 Å². The van der Waals surface area contributed by atoms with E-state index in [1.54, 1.807) is 6.92 Å². The van der Waals surface area contributed by atoms with Crippen molar-refractivity contribution in [3.63, 3.8) is 0 Å². The van der Waals surface area contributed by atoms with Gasteiger partial charge in [-0.2, -0.15) is 0 Å². The Labute approximate surface area is 68.0 Å². The van der Waals surface area contributed by atoms with Gasteiger partial charge in [-0.15, -0.1) is 0 Å². The van der Waals surface area contributed by atoms with Crippen LogP contribution >= 0.6 is 0 Å². The molecule has 1 unspecified atom stereocenters. The number of piperazine rings is 1. The Morgan fingerprint density at radius 1 is 1.45 bits per heavy atom. The molecular formula is C8H16N2O. The van der Waals surface area contributed by atoms with Crippen molar-refractivity contribution in [2.45, 2.75) is 19.9 Å². The van der Waals surface area contributed by atoms with E-state index in [4.69, 9.17) is 0 Å². The number of likely N-dealkylation sites (N-methyl/N-ethyl adjacent to an activating group) is 1. The summed E-state index contributed by atoms with van der Waals surface area (Å²) in [5.41, 5.74) is 0. The minimum atomic E-state index is 0.199. The van der Waals surface area contributed by atoms with Gasteiger partial charge in [0.05, 0.1) is 0 Å². The molecule has 1 saturated heterocycles. The molecule has 1 heterocycles. The molecule has 0 aliphatic carbocycles. The maximum atomic E-state index is 11.0. The SMILES string of the molecule is CC(=O)N1CCN(C)C(C)C1. The number of rotatable bonds is 0. The van der Waals surface area contributed by atoms with E-state index in [9.17, 15) is 4.79 Å². The fourth-order valence-electron chi connectivity index (χ4n) is 1.33. The molecule has 1 fully saturated rings. The third-order valence-electron chi connectivity index (χ3n) is 2.41. The van der Waals surface area contributed by atoms with Crippen LogP contribution < -0.4 is 0 Å². The lowest BCUT2D eigenvalue weighted by Crippen LogP contribution is -2.51. The van der Waals surface area contributed by atoms with Gasteiger partial charge in [-0.25, -0.2) is 0 Å². The molecule has 0 spiro atoms. The molecule has 3 nitrogen and oxygen atoms in total. The second-order valence-electron chi connectivity index (χ2n) is 3.29. The lowest BCUT2D eigenvalue weighted by atomic mass is 10.2. The summed E-state index contributed by atoms with van der Waals surface area (Å²) in [5, 5.41) is 0. The summed E-state index contributed by atoms with van der Waals surface area (Å²) in [6, 6.07) is 0.507. The van der Waals surface area contributed by atoms with E-state index in [1.165, 1.54) is 0 Å². The van der Waals surface area contributed by atoms with Crippen molar-refractivity contribution in [2.75, 3.05) is 26.7 Å². The molecule has 0 saturated carbocycles. The second kappa shape index (κ2) is 3.22. The number of nitrogens with zero attached hydrogens (tertiary/aromatic N) is 2. The van der Waals surface area contributed by atoms with E-state index in [-0.39, 0.29) is 5.91 Å². The fourth-order valence-corrected chi connectivity index (χ4v) is 1.33. The number of hydrogen-bond acceptors (Lipinski definition) is 2. The zero-order valence-electron chi connectivity index (χ0n) is 7.50. The Hall–Kier alpha value is -0.570. The third-order valence-corrected chi connectivity index (χ3v) is 2.41. The highest BCUT2D eigenvalue weighted by atomic mass is 16.2. The predicted octanol–water partition coefficient (Wildman–Crippen LogP) is 0.169. The van der Waals surface area contributed by atoms with Gasteiger partial charge in [-0.05, 0) is 14.0 Å². The van der Waals surface area contributed by atoms with Gasteiger partial charge in [0, 0.05) is 32.6 Å². The van der Waals surface area contributed by atoms with Crippen molar-refractivity contribution in [3.05, 3.63) is 0 Å². The van der Waals surface area contributed by atoms with Crippen LogP contribution in [-0.2, 0) is 4.79 Å². The molecule has 1 aliphatic heterocycles. The van der Waals surface area contributed by atoms with Crippen LogP contribution in [0.25, 0.3) is 0 Å². The molecule has 0 bridgehead atoms. The normalized spacial score (nSPS) is 27.2. The number of hydrogen-bond donors (Lipinski definition) is 0. The average molecular weight is 156 g/mol. The molecule has 64 valence electrons. The van der Waals surface area contributed by atoms with Crippen LogP contribution in [0.5, 0.6) is 0 Å². The summed E-state index contributed by atoms with van der Waals surface area (Å²) < 4.78 is 0. The molecule has 1 rings (SSSR count). The van der Waals surface area contributed by atoms with Crippen LogP contribution in [0.3, 0.4) is 0 Å². The van der Waals surface area contributed by atoms with Crippen LogP contribution in [0.4, 0.5) is 0 Å². The largest absolute Gasteiger partial charge is 0.340 e. The van der Waals surface area contributed by atoms with Crippen molar-refractivity contribution in [3.8, 4) is 0 Å². The highest BCUT2D eigenvalue weighted by molar-refractivity contribution is 5.73. The molecule has 1 atom stereocenters. The van der Waals surface area contributed by atoms with Crippen molar-refractivity contribution in [2.24, 2.45) is 0 Å². The van der Waals surface area contributed by atoms with E-state index >= 15 is 0 Å². The van der Waals surface area contributed by atoms with Crippen molar-refractivity contribution in [1.82, 2.24) is 9.80 Å². The third kappa shape index (κ3) is 1.93. The Bertz CT molecular complexity index is 158. The standard InChI is InChI=1S/C8H16N2O/c1-7-6-10(8(2)11)5-4-9(7)3/h7H,4-6H2,1-3H3. The van der Waals surface area contributed by atoms with Gasteiger partial charge >= 0.3 is 0 Å². The van der Waals surface area contributed by atoms with E-state index in [1.807, 2.05) is 4.90 Å². The van der Waals surface area contributed by atoms with Crippen LogP contribution in [0.1, 0.15) is 13.8 Å². The van der Waals surface area contributed by atoms with Gasteiger partial charge < -0.3 is 9.80 Å². The smallest absolute Gasteiger partial charge is 0.219 e. The van der Waals surface area contributed by atoms with Crippen molar-refractivity contribution in [1.29, 1.82) is 0 Å². The highest BCUT2D eigenvalue weighted by Gasteiger charge is 2.21. The zero-order valence-corrected chi connectivity index (χ0v) is 7.50. The topological polar surface area (TPSA) is 23.6 Å². The first-order chi connectivity index (χ1) is 5.11. The first kappa shape index (κ1) is 8.53. The van der Waals surface area contributed by atoms with Crippen LogP contribution in [0.2, 0.25) is 0 Å². The molecule has 0 aromatic heterocycles. The Morgan fingerprint density at radius 2 is 2.09 bits per heavy atom. The van der Waals surface area contributed by atoms with E-state index in [0.717, 1.165) is 19.6 Å². The lowest BCUT2D eigenvalue weighted by molar-refractivity contribution is -0.131. The number of amides is 1. The molecule has 0 radical (unpaired) electrons. The maximum Gasteiger partial charge on any atom is 0.219 e. The molecule has 0 aromatic rings. The molecule has 3 heteroatoms. The quantitative estimate of drug-likeness (QED) is 0.499. The van der Waals surface area contributed by atoms with E-state index in [0.29, 0.717) is 6.04 Å². The summed E-state index contributed by atoms with van der Waals surface area (Å²) in [5.74, 6) is 0.199. The summed E-state index contributed by atoms with van der Waals surface area (Å²) in [6.45, 7) is 6.55. The summed E-state index contributed by atoms with van der Waals surface area (Å²) in [7, 11) is 2.10. The predicted molar refractivity (Wildman–Crippen MR) is 44.3 cm³/mol. The van der Waals surface area contributed by atoms with Crippen LogP contribution in [0.15, 0.2) is 0 Å². The first-order valence-electron chi connectivity index (χ1n) is 4.07. The molecule has 11 heavy (non-hydrogen) atoms.